The third kappa shape index (κ3) is 2.63. The highest BCUT2D eigenvalue weighted by Crippen LogP contribution is 2.36. The summed E-state index contributed by atoms with van der Waals surface area (Å²) in [5.41, 5.74) is 3.82. The predicted molar refractivity (Wildman–Crippen MR) is 116 cm³/mol. The molecule has 0 atom stereocenters. The average Bonchev–Trinajstić information content (AvgIpc) is 3.43. The fraction of sp³-hybridized carbons (Fsp3) is 0.227. The van der Waals surface area contributed by atoms with Crippen molar-refractivity contribution in [3.8, 4) is 11.5 Å². The largest absolute Gasteiger partial charge is 0.454 e. The van der Waals surface area contributed by atoms with Crippen molar-refractivity contribution in [2.24, 2.45) is 4.99 Å². The Balaban J connectivity index is 1.47. The van der Waals surface area contributed by atoms with Crippen LogP contribution in [0.1, 0.15) is 11.1 Å². The van der Waals surface area contributed by atoms with Crippen LogP contribution in [0.25, 0.3) is 5.57 Å². The van der Waals surface area contributed by atoms with Crippen LogP contribution in [-0.2, 0) is 11.5 Å². The number of fused-ring (bicyclic) bond motifs is 3. The molecule has 0 spiro atoms. The summed E-state index contributed by atoms with van der Waals surface area (Å²) in [4.78, 5) is 35.2. The number of ether oxygens (including phenoxy) is 2. The Kier molecular flexibility index (Phi) is 3.79. The molecule has 2 aromatic carbocycles. The Morgan fingerprint density at radius 2 is 1.90 bits per heavy atom. The highest BCUT2D eigenvalue weighted by molar-refractivity contribution is 7.07. The van der Waals surface area contributed by atoms with Crippen molar-refractivity contribution in [2.75, 3.05) is 30.3 Å². The van der Waals surface area contributed by atoms with Crippen LogP contribution in [0.15, 0.2) is 46.2 Å². The number of benzene rings is 2. The van der Waals surface area contributed by atoms with Crippen LogP contribution < -0.4 is 34.2 Å². The zero-order valence-electron chi connectivity index (χ0n) is 16.9. The van der Waals surface area contributed by atoms with Gasteiger partial charge in [0.05, 0.1) is 11.3 Å². The van der Waals surface area contributed by atoms with E-state index in [0.717, 1.165) is 22.5 Å². The van der Waals surface area contributed by atoms with Crippen LogP contribution in [0, 0.1) is 6.92 Å². The van der Waals surface area contributed by atoms with Crippen molar-refractivity contribution < 1.29 is 14.3 Å². The highest BCUT2D eigenvalue weighted by atomic mass is 32.1. The third-order valence-corrected chi connectivity index (χ3v) is 6.92. The van der Waals surface area contributed by atoms with Gasteiger partial charge in [-0.15, -0.1) is 0 Å². The van der Waals surface area contributed by atoms with Gasteiger partial charge in [0.2, 0.25) is 6.79 Å². The molecular weight excluding hydrogens is 416 g/mol. The van der Waals surface area contributed by atoms with Crippen LogP contribution in [0.3, 0.4) is 0 Å². The summed E-state index contributed by atoms with van der Waals surface area (Å²) in [6.45, 7) is 2.96. The van der Waals surface area contributed by atoms with E-state index in [-0.39, 0.29) is 18.3 Å². The van der Waals surface area contributed by atoms with E-state index in [1.165, 1.54) is 11.3 Å². The number of carbonyl (C=O) groups excluding carboxylic acids is 1. The van der Waals surface area contributed by atoms with E-state index in [1.54, 1.807) is 16.5 Å². The Hall–Kier alpha value is -3.59. The molecule has 1 amide bonds. The van der Waals surface area contributed by atoms with Gasteiger partial charge in [-0.05, 0) is 31.2 Å². The van der Waals surface area contributed by atoms with Crippen LogP contribution in [0.5, 0.6) is 11.5 Å². The molecule has 0 fully saturated rings. The topological polar surface area (TPSA) is 76.4 Å². The van der Waals surface area contributed by atoms with Crippen LogP contribution in [-0.4, -0.2) is 31.0 Å². The Morgan fingerprint density at radius 3 is 2.77 bits per heavy atom. The minimum absolute atomic E-state index is 0.162. The van der Waals surface area contributed by atoms with Crippen molar-refractivity contribution in [1.29, 1.82) is 0 Å². The molecule has 6 rings (SSSR count). The zero-order chi connectivity index (χ0) is 21.3. The lowest BCUT2D eigenvalue weighted by atomic mass is 10.1. The molecular formula is C22H18N4O4S. The second-order valence-electron chi connectivity index (χ2n) is 7.73. The summed E-state index contributed by atoms with van der Waals surface area (Å²) >= 11 is 1.28. The number of likely N-dealkylation sites (N-methyl/N-ethyl adjacent to an activating group) is 1. The van der Waals surface area contributed by atoms with Gasteiger partial charge < -0.3 is 19.3 Å². The van der Waals surface area contributed by atoms with E-state index in [1.807, 2.05) is 48.2 Å². The molecule has 3 aromatic rings. The second-order valence-corrected chi connectivity index (χ2v) is 8.70. The lowest BCUT2D eigenvalue weighted by molar-refractivity contribution is -0.112. The van der Waals surface area contributed by atoms with Gasteiger partial charge in [0.25, 0.3) is 11.5 Å². The number of thiazole rings is 1. The van der Waals surface area contributed by atoms with E-state index < -0.39 is 0 Å². The monoisotopic (exact) mass is 434 g/mol. The summed E-state index contributed by atoms with van der Waals surface area (Å²) < 4.78 is 12.9. The lowest BCUT2D eigenvalue weighted by Gasteiger charge is -2.25. The number of nitrogens with zero attached hydrogens (tertiary/aromatic N) is 4. The quantitative estimate of drug-likeness (QED) is 0.575. The molecule has 0 unspecified atom stereocenters. The van der Waals surface area contributed by atoms with Crippen LogP contribution in [0.2, 0.25) is 0 Å². The molecule has 1 aromatic heterocycles. The minimum atomic E-state index is -0.194. The van der Waals surface area contributed by atoms with Crippen molar-refractivity contribution in [3.63, 3.8) is 0 Å². The fourth-order valence-corrected chi connectivity index (χ4v) is 5.21. The first kappa shape index (κ1) is 18.2. The maximum absolute atomic E-state index is 13.4. The summed E-state index contributed by atoms with van der Waals surface area (Å²) in [5.74, 6) is 1.23. The first-order chi connectivity index (χ1) is 15.0. The van der Waals surface area contributed by atoms with Gasteiger partial charge in [-0.1, -0.05) is 23.0 Å². The van der Waals surface area contributed by atoms with Crippen LogP contribution >= 0.6 is 11.3 Å². The molecule has 156 valence electrons. The SMILES string of the molecule is Cc1ccc2c(c1)/C(=c1/sc3n(c1=O)CN(c1ccc4c(c1)OCO4)CN=3)C(=O)N2C. The Labute approximate surface area is 180 Å². The van der Waals surface area contributed by atoms with Gasteiger partial charge >= 0.3 is 0 Å². The van der Waals surface area contributed by atoms with Crippen molar-refractivity contribution in [3.05, 3.63) is 67.2 Å². The van der Waals surface area contributed by atoms with Crippen molar-refractivity contribution >= 4 is 34.2 Å². The molecule has 0 bridgehead atoms. The van der Waals surface area contributed by atoms with Crippen LogP contribution in [0.4, 0.5) is 11.4 Å². The molecule has 31 heavy (non-hydrogen) atoms. The molecule has 0 N–H and O–H groups in total. The number of carbonyl (C=O) groups is 1. The summed E-state index contributed by atoms with van der Waals surface area (Å²) in [7, 11) is 1.74. The van der Waals surface area contributed by atoms with E-state index in [0.29, 0.717) is 39.7 Å². The first-order valence-corrected chi connectivity index (χ1v) is 10.6. The Bertz CT molecular complexity index is 1460. The maximum atomic E-state index is 13.4. The van der Waals surface area contributed by atoms with Gasteiger partial charge in [-0.2, -0.15) is 0 Å². The number of aryl methyl sites for hydroxylation is 1. The number of hydrogen-bond acceptors (Lipinski definition) is 7. The summed E-state index contributed by atoms with van der Waals surface area (Å²) in [6.07, 6.45) is 0. The van der Waals surface area contributed by atoms with Gasteiger partial charge in [-0.3, -0.25) is 14.2 Å². The lowest BCUT2D eigenvalue weighted by Crippen LogP contribution is -2.43. The molecule has 4 heterocycles. The molecule has 8 nitrogen and oxygen atoms in total. The van der Waals surface area contributed by atoms with Gasteiger partial charge in [0, 0.05) is 24.4 Å². The molecule has 3 aliphatic rings. The maximum Gasteiger partial charge on any atom is 0.272 e. The minimum Gasteiger partial charge on any atom is -0.454 e. The molecule has 0 saturated carbocycles. The standard InChI is InChI=1S/C22H18N4O4S/c1-12-3-5-15-14(7-12)18(20(27)24(15)2)19-21(28)26-10-25(9-23-22(26)31-19)13-4-6-16-17(8-13)30-11-29-16/h3-8H,9-11H2,1-2H3/b19-18-. The molecule has 9 heteroatoms. The van der Waals surface area contributed by atoms with E-state index in [4.69, 9.17) is 9.47 Å². The van der Waals surface area contributed by atoms with Gasteiger partial charge in [-0.25, -0.2) is 4.99 Å². The van der Waals surface area contributed by atoms with Crippen molar-refractivity contribution in [1.82, 2.24) is 4.57 Å². The normalized spacial score (nSPS) is 18.2. The molecule has 0 aliphatic carbocycles. The zero-order valence-corrected chi connectivity index (χ0v) is 17.7. The fourth-order valence-electron chi connectivity index (χ4n) is 4.16. The average molecular weight is 434 g/mol. The number of amides is 1. The van der Waals surface area contributed by atoms with Crippen molar-refractivity contribution in [2.45, 2.75) is 13.6 Å². The van der Waals surface area contributed by atoms with E-state index >= 15 is 0 Å². The van der Waals surface area contributed by atoms with E-state index in [9.17, 15) is 9.59 Å². The number of rotatable bonds is 1. The van der Waals surface area contributed by atoms with Gasteiger partial charge in [0.1, 0.15) is 17.9 Å². The van der Waals surface area contributed by atoms with E-state index in [2.05, 4.69) is 4.99 Å². The third-order valence-electron chi connectivity index (χ3n) is 5.80. The molecule has 3 aliphatic heterocycles. The number of anilines is 2. The highest BCUT2D eigenvalue weighted by Gasteiger charge is 2.32. The Morgan fingerprint density at radius 1 is 1.06 bits per heavy atom. The molecule has 0 radical (unpaired) electrons. The molecule has 0 saturated heterocycles. The first-order valence-electron chi connectivity index (χ1n) is 9.83. The smallest absolute Gasteiger partial charge is 0.272 e. The number of aromatic nitrogens is 1. The summed E-state index contributed by atoms with van der Waals surface area (Å²) in [6, 6.07) is 11.5. The summed E-state index contributed by atoms with van der Waals surface area (Å²) in [5, 5.41) is 0. The second kappa shape index (κ2) is 6.45. The predicted octanol–water partition coefficient (Wildman–Crippen LogP) is 1.18. The number of hydrogen-bond donors (Lipinski definition) is 0. The van der Waals surface area contributed by atoms with Gasteiger partial charge in [0.15, 0.2) is 16.3 Å².